The van der Waals surface area contributed by atoms with Gasteiger partial charge in [0.15, 0.2) is 11.0 Å². The molecule has 1 N–H and O–H groups in total. The van der Waals surface area contributed by atoms with Crippen LogP contribution >= 0.6 is 11.8 Å². The van der Waals surface area contributed by atoms with E-state index in [1.165, 1.54) is 11.8 Å². The van der Waals surface area contributed by atoms with Crippen molar-refractivity contribution in [1.82, 2.24) is 14.8 Å². The lowest BCUT2D eigenvalue weighted by molar-refractivity contribution is -0.115. The summed E-state index contributed by atoms with van der Waals surface area (Å²) in [7, 11) is 1.61. The van der Waals surface area contributed by atoms with Crippen LogP contribution in [0.1, 0.15) is 19.4 Å². The first-order valence-electron chi connectivity index (χ1n) is 9.14. The van der Waals surface area contributed by atoms with Crippen molar-refractivity contribution in [3.05, 3.63) is 54.1 Å². The van der Waals surface area contributed by atoms with E-state index in [1.807, 2.05) is 54.0 Å². The van der Waals surface area contributed by atoms with E-state index in [1.54, 1.807) is 7.11 Å². The summed E-state index contributed by atoms with van der Waals surface area (Å²) >= 11 is 1.40. The second-order valence-corrected chi connectivity index (χ2v) is 7.65. The molecule has 7 heteroatoms. The molecule has 1 heterocycles. The molecule has 0 aliphatic carbocycles. The lowest BCUT2D eigenvalue weighted by atomic mass is 10.1. The molecule has 3 rings (SSSR count). The highest BCUT2D eigenvalue weighted by Crippen LogP contribution is 2.29. The van der Waals surface area contributed by atoms with Gasteiger partial charge < -0.3 is 14.6 Å². The van der Waals surface area contributed by atoms with Gasteiger partial charge in [-0.15, -0.1) is 10.2 Å². The number of benzene rings is 2. The van der Waals surface area contributed by atoms with Crippen LogP contribution < -0.4 is 10.1 Å². The quantitative estimate of drug-likeness (QED) is 0.600. The van der Waals surface area contributed by atoms with Gasteiger partial charge in [0.25, 0.3) is 0 Å². The molecular weight excluding hydrogens is 372 g/mol. The van der Waals surface area contributed by atoms with Crippen molar-refractivity contribution < 1.29 is 9.53 Å². The molecule has 0 radical (unpaired) electrons. The zero-order valence-corrected chi connectivity index (χ0v) is 17.3. The molecule has 0 saturated carbocycles. The third-order valence-corrected chi connectivity index (χ3v) is 5.51. The lowest BCUT2D eigenvalue weighted by Crippen LogP contribution is -2.22. The number of methoxy groups -OCH3 is 1. The van der Waals surface area contributed by atoms with E-state index in [4.69, 9.17) is 4.74 Å². The van der Waals surface area contributed by atoms with Gasteiger partial charge in [0, 0.05) is 17.8 Å². The topological polar surface area (TPSA) is 69.0 Å². The number of ether oxygens (including phenoxy) is 1. The second kappa shape index (κ2) is 8.93. The Bertz CT molecular complexity index is 953. The predicted octanol–water partition coefficient (Wildman–Crippen LogP) is 4.40. The average molecular weight is 397 g/mol. The van der Waals surface area contributed by atoms with Gasteiger partial charge in [-0.05, 0) is 50.6 Å². The van der Waals surface area contributed by atoms with Crippen LogP contribution in [-0.2, 0) is 11.3 Å². The Morgan fingerprint density at radius 1 is 1.18 bits per heavy atom. The van der Waals surface area contributed by atoms with Crippen LogP contribution in [0.2, 0.25) is 0 Å². The number of aromatic nitrogens is 3. The monoisotopic (exact) mass is 396 g/mol. The van der Waals surface area contributed by atoms with Crippen LogP contribution in [0.5, 0.6) is 5.75 Å². The van der Waals surface area contributed by atoms with E-state index in [2.05, 4.69) is 35.4 Å². The Hall–Kier alpha value is -2.80. The fourth-order valence-electron chi connectivity index (χ4n) is 2.81. The summed E-state index contributed by atoms with van der Waals surface area (Å²) in [6.45, 7) is 6.70. The van der Waals surface area contributed by atoms with Gasteiger partial charge in [-0.1, -0.05) is 36.0 Å². The maximum Gasteiger partial charge on any atom is 0.237 e. The largest absolute Gasteiger partial charge is 0.497 e. The van der Waals surface area contributed by atoms with E-state index < -0.39 is 0 Å². The van der Waals surface area contributed by atoms with Crippen LogP contribution in [0, 0.1) is 6.92 Å². The van der Waals surface area contributed by atoms with Crippen LogP contribution in [0.15, 0.2) is 53.7 Å². The maximum atomic E-state index is 12.6. The summed E-state index contributed by atoms with van der Waals surface area (Å²) in [5.41, 5.74) is 2.93. The molecule has 0 spiro atoms. The van der Waals surface area contributed by atoms with E-state index in [0.29, 0.717) is 0 Å². The summed E-state index contributed by atoms with van der Waals surface area (Å²) in [5.74, 6) is 1.49. The molecule has 1 atom stereocenters. The summed E-state index contributed by atoms with van der Waals surface area (Å²) in [6.07, 6.45) is 0. The molecule has 0 bridgehead atoms. The van der Waals surface area contributed by atoms with Gasteiger partial charge in [-0.25, -0.2) is 0 Å². The molecule has 0 saturated heterocycles. The number of carbonyl (C=O) groups is 1. The van der Waals surface area contributed by atoms with E-state index in [0.717, 1.165) is 40.1 Å². The minimum Gasteiger partial charge on any atom is -0.497 e. The fraction of sp³-hybridized carbons (Fsp3) is 0.286. The molecule has 1 aromatic heterocycles. The van der Waals surface area contributed by atoms with Gasteiger partial charge in [0.1, 0.15) is 5.75 Å². The van der Waals surface area contributed by atoms with Crippen molar-refractivity contribution in [3.63, 3.8) is 0 Å². The number of rotatable bonds is 7. The minimum atomic E-state index is -0.318. The predicted molar refractivity (Wildman–Crippen MR) is 113 cm³/mol. The first-order chi connectivity index (χ1) is 13.5. The summed E-state index contributed by atoms with van der Waals surface area (Å²) in [5, 5.41) is 12.1. The normalized spacial score (nSPS) is 11.9. The highest BCUT2D eigenvalue weighted by atomic mass is 32.2. The SMILES string of the molecule is CCn1c(S[C@@H](C)C(=O)Nc2ccc(OC)cc2)nnc1-c1ccccc1C. The molecule has 6 nitrogen and oxygen atoms in total. The number of carbonyl (C=O) groups excluding carboxylic acids is 1. The first kappa shape index (κ1) is 19.9. The molecule has 2 aromatic carbocycles. The van der Waals surface area contributed by atoms with Gasteiger partial charge in [-0.3, -0.25) is 4.79 Å². The number of nitrogens with one attached hydrogen (secondary N) is 1. The number of hydrogen-bond acceptors (Lipinski definition) is 5. The van der Waals surface area contributed by atoms with Crippen molar-refractivity contribution in [2.24, 2.45) is 0 Å². The van der Waals surface area contributed by atoms with Gasteiger partial charge in [0.2, 0.25) is 5.91 Å². The van der Waals surface area contributed by atoms with E-state index in [9.17, 15) is 4.79 Å². The summed E-state index contributed by atoms with van der Waals surface area (Å²) in [4.78, 5) is 12.6. The van der Waals surface area contributed by atoms with Crippen molar-refractivity contribution in [1.29, 1.82) is 0 Å². The summed E-state index contributed by atoms with van der Waals surface area (Å²) in [6, 6.07) is 15.4. The molecule has 0 unspecified atom stereocenters. The standard InChI is InChI=1S/C21H24N4O2S/c1-5-25-19(18-9-7-6-8-14(18)2)23-24-21(25)28-15(3)20(26)22-16-10-12-17(27-4)13-11-16/h6-13,15H,5H2,1-4H3,(H,22,26)/t15-/m0/s1. The Balaban J connectivity index is 1.73. The van der Waals surface area contributed by atoms with Crippen molar-refractivity contribution in [3.8, 4) is 17.1 Å². The zero-order chi connectivity index (χ0) is 20.1. The smallest absolute Gasteiger partial charge is 0.237 e. The highest BCUT2D eigenvalue weighted by molar-refractivity contribution is 8.00. The Morgan fingerprint density at radius 2 is 1.89 bits per heavy atom. The zero-order valence-electron chi connectivity index (χ0n) is 16.5. The van der Waals surface area contributed by atoms with Crippen LogP contribution in [0.4, 0.5) is 5.69 Å². The molecule has 146 valence electrons. The van der Waals surface area contributed by atoms with Gasteiger partial charge in [-0.2, -0.15) is 0 Å². The number of aryl methyl sites for hydroxylation is 1. The molecule has 3 aromatic rings. The number of thioether (sulfide) groups is 1. The van der Waals surface area contributed by atoms with Crippen LogP contribution in [0.25, 0.3) is 11.4 Å². The average Bonchev–Trinajstić information content (AvgIpc) is 3.11. The minimum absolute atomic E-state index is 0.0849. The number of hydrogen-bond donors (Lipinski definition) is 1. The van der Waals surface area contributed by atoms with Crippen molar-refractivity contribution in [2.45, 2.75) is 37.7 Å². The third-order valence-electron chi connectivity index (χ3n) is 4.43. The molecular formula is C21H24N4O2S. The van der Waals surface area contributed by atoms with Crippen molar-refractivity contribution in [2.75, 3.05) is 12.4 Å². The van der Waals surface area contributed by atoms with Gasteiger partial charge in [0.05, 0.1) is 12.4 Å². The van der Waals surface area contributed by atoms with Crippen molar-refractivity contribution >= 4 is 23.4 Å². The second-order valence-electron chi connectivity index (χ2n) is 6.34. The first-order valence-corrected chi connectivity index (χ1v) is 10.0. The van der Waals surface area contributed by atoms with E-state index in [-0.39, 0.29) is 11.2 Å². The highest BCUT2D eigenvalue weighted by Gasteiger charge is 2.21. The molecule has 1 amide bonds. The molecule has 0 aliphatic heterocycles. The Labute approximate surface area is 169 Å². The number of anilines is 1. The molecule has 0 aliphatic rings. The Morgan fingerprint density at radius 3 is 2.54 bits per heavy atom. The number of nitrogens with zero attached hydrogens (tertiary/aromatic N) is 3. The maximum absolute atomic E-state index is 12.6. The fourth-order valence-corrected chi connectivity index (χ4v) is 3.73. The van der Waals surface area contributed by atoms with Crippen LogP contribution in [0.3, 0.4) is 0 Å². The van der Waals surface area contributed by atoms with Crippen LogP contribution in [-0.4, -0.2) is 33.0 Å². The molecule has 28 heavy (non-hydrogen) atoms. The Kier molecular flexibility index (Phi) is 6.36. The number of amides is 1. The third kappa shape index (κ3) is 4.36. The van der Waals surface area contributed by atoms with E-state index >= 15 is 0 Å². The lowest BCUT2D eigenvalue weighted by Gasteiger charge is -2.13. The molecule has 0 fully saturated rings. The van der Waals surface area contributed by atoms with Gasteiger partial charge >= 0.3 is 0 Å². The summed E-state index contributed by atoms with van der Waals surface area (Å²) < 4.78 is 7.18.